The van der Waals surface area contributed by atoms with E-state index in [1.54, 1.807) is 0 Å². The number of rotatable bonds is 0. The average molecular weight is 325 g/mol. The molecule has 36 valence electrons. The van der Waals surface area contributed by atoms with E-state index in [1.807, 2.05) is 0 Å². The third kappa shape index (κ3) is 58.3. The third-order valence-electron chi connectivity index (χ3n) is 0. The topological polar surface area (TPSA) is 117 Å². The average Bonchev–Trinajstić information content (AvgIpc) is 0. The number of hydrogen-bond donors (Lipinski definition) is 0. The summed E-state index contributed by atoms with van der Waals surface area (Å²) in [7, 11) is 0. The molecular formula is H2CrO4Pb. The molecule has 0 spiro atoms. The van der Waals surface area contributed by atoms with E-state index in [0.717, 1.165) is 0 Å². The first-order chi connectivity index (χ1) is 0. The van der Waals surface area contributed by atoms with Gasteiger partial charge in [0, 0.05) is 0 Å². The maximum atomic E-state index is 0. The van der Waals surface area contributed by atoms with Gasteiger partial charge in [0.1, 0.15) is 0 Å². The molecule has 0 atom stereocenters. The van der Waals surface area contributed by atoms with Crippen LogP contribution in [0.15, 0.2) is 0 Å². The Morgan fingerprint density at radius 2 is 0.667 bits per heavy atom. The van der Waals surface area contributed by atoms with Crippen molar-refractivity contribution in [3.05, 3.63) is 0 Å². The van der Waals surface area contributed by atoms with Gasteiger partial charge in [0.05, 0.1) is 0 Å². The normalized spacial score (nSPS) is 0. The predicted molar refractivity (Wildman–Crippen MR) is 11.0 cm³/mol. The molecule has 0 rings (SSSR count). The van der Waals surface area contributed by atoms with Gasteiger partial charge in [-0.05, 0) is 0 Å². The Kier molecular flexibility index (Phi) is 3030. The first-order valence-electron chi connectivity index (χ1n) is 0. The van der Waals surface area contributed by atoms with Crippen molar-refractivity contribution in [2.75, 3.05) is 0 Å². The van der Waals surface area contributed by atoms with Crippen molar-refractivity contribution in [3.8, 4) is 0 Å². The van der Waals surface area contributed by atoms with Crippen LogP contribution in [0.25, 0.3) is 0 Å². The Bertz CT molecular complexity index is 7.51. The summed E-state index contributed by atoms with van der Waals surface area (Å²) >= 11 is 0. The van der Waals surface area contributed by atoms with Crippen LogP contribution in [0.4, 0.5) is 0 Å². The van der Waals surface area contributed by atoms with E-state index < -0.39 is 0 Å². The molecule has 2 radical (unpaired) electrons. The summed E-state index contributed by atoms with van der Waals surface area (Å²) in [5.74, 6) is 0. The molecule has 4 nitrogen and oxygen atoms in total. The second kappa shape index (κ2) is 105. The molecule has 0 unspecified atom stereocenters. The third-order valence-corrected chi connectivity index (χ3v) is 0. The molecule has 0 saturated heterocycles. The summed E-state index contributed by atoms with van der Waals surface area (Å²) in [4.78, 5) is 0. The minimum atomic E-state index is 0. The summed E-state index contributed by atoms with van der Waals surface area (Å²) in [5.41, 5.74) is 0. The fraction of sp³-hybridized carbons (Fsp3) is 0. The molecule has 0 amide bonds. The molecule has 6 heavy (non-hydrogen) atoms. The van der Waals surface area contributed by atoms with Crippen LogP contribution >= 0.6 is 0 Å². The molecule has 0 aromatic carbocycles. The van der Waals surface area contributed by atoms with E-state index in [4.69, 9.17) is 0 Å². The van der Waals surface area contributed by atoms with Gasteiger partial charge in [-0.3, -0.25) is 0 Å². The van der Waals surface area contributed by atoms with Crippen molar-refractivity contribution in [2.45, 2.75) is 0 Å². The maximum absolute atomic E-state index is 0. The minimum Gasteiger partial charge on any atom is -2.00 e. The SMILES string of the molecule is [Cr+4].[O-2].[O-2].[OH-].[OH-].[Pb+2]. The maximum Gasteiger partial charge on any atom is 4.00 e. The molecular weight excluding hydrogens is 323 g/mol. The van der Waals surface area contributed by atoms with E-state index in [1.165, 1.54) is 0 Å². The zero-order valence-electron chi connectivity index (χ0n) is 2.62. The fourth-order valence-electron chi connectivity index (χ4n) is 0. The van der Waals surface area contributed by atoms with Crippen LogP contribution in [0.3, 0.4) is 0 Å². The first-order valence-corrected chi connectivity index (χ1v) is 0. The second-order valence-corrected chi connectivity index (χ2v) is 0. The van der Waals surface area contributed by atoms with Crippen LogP contribution in [0.5, 0.6) is 0 Å². The first kappa shape index (κ1) is 172. The molecule has 6 heteroatoms. The van der Waals surface area contributed by atoms with Crippen LogP contribution < -0.4 is 0 Å². The van der Waals surface area contributed by atoms with Gasteiger partial charge >= 0.3 is 44.7 Å². The molecule has 0 aliphatic heterocycles. The molecule has 0 heterocycles. The van der Waals surface area contributed by atoms with Crippen molar-refractivity contribution in [3.63, 3.8) is 0 Å². The Morgan fingerprint density at radius 1 is 0.667 bits per heavy atom. The summed E-state index contributed by atoms with van der Waals surface area (Å²) in [6.45, 7) is 0. The largest absolute Gasteiger partial charge is 4.00 e. The van der Waals surface area contributed by atoms with Crippen molar-refractivity contribution in [1.29, 1.82) is 0 Å². The Hall–Kier alpha value is 1.29. The minimum absolute atomic E-state index is 0. The van der Waals surface area contributed by atoms with Gasteiger partial charge in [0.25, 0.3) is 0 Å². The van der Waals surface area contributed by atoms with Gasteiger partial charge in [0.15, 0.2) is 0 Å². The van der Waals surface area contributed by atoms with E-state index in [-0.39, 0.29) is 66.6 Å². The molecule has 0 aromatic heterocycles. The van der Waals surface area contributed by atoms with E-state index >= 15 is 0 Å². The van der Waals surface area contributed by atoms with Gasteiger partial charge in [-0.1, -0.05) is 0 Å². The molecule has 0 bridgehead atoms. The number of hydrogen-bond acceptors (Lipinski definition) is 2. The van der Waals surface area contributed by atoms with E-state index in [9.17, 15) is 0 Å². The standard InChI is InChI=1S/Cr.2H2O.2O.Pb/h;2*1H2;;;/q+4;;;2*-2;+2/p-2. The van der Waals surface area contributed by atoms with Crippen LogP contribution in [0.2, 0.25) is 0 Å². The monoisotopic (exact) mass is 326 g/mol. The van der Waals surface area contributed by atoms with E-state index in [2.05, 4.69) is 0 Å². The Balaban J connectivity index is 0. The van der Waals surface area contributed by atoms with Crippen LogP contribution in [0, 0.1) is 0 Å². The van der Waals surface area contributed by atoms with Gasteiger partial charge in [0.2, 0.25) is 0 Å². The van der Waals surface area contributed by atoms with Gasteiger partial charge in [-0.25, -0.2) is 0 Å². The van der Waals surface area contributed by atoms with Gasteiger partial charge in [-0.15, -0.1) is 0 Å². The Labute approximate surface area is 66.4 Å². The smallest absolute Gasteiger partial charge is 2.00 e. The fourth-order valence-corrected chi connectivity index (χ4v) is 0. The van der Waals surface area contributed by atoms with Crippen molar-refractivity contribution in [2.24, 2.45) is 0 Å². The summed E-state index contributed by atoms with van der Waals surface area (Å²) in [6.07, 6.45) is 0. The zero-order valence-corrected chi connectivity index (χ0v) is 7.78. The summed E-state index contributed by atoms with van der Waals surface area (Å²) in [5, 5.41) is 0. The van der Waals surface area contributed by atoms with Crippen molar-refractivity contribution in [1.82, 2.24) is 0 Å². The van der Waals surface area contributed by atoms with Crippen LogP contribution in [-0.2, 0) is 28.3 Å². The Morgan fingerprint density at radius 3 is 0.667 bits per heavy atom. The molecule has 2 N–H and O–H groups in total. The second-order valence-electron chi connectivity index (χ2n) is 0. The summed E-state index contributed by atoms with van der Waals surface area (Å²) in [6, 6.07) is 0. The quantitative estimate of drug-likeness (QED) is 0.533. The molecule has 0 aliphatic carbocycles. The van der Waals surface area contributed by atoms with Crippen molar-refractivity contribution < 1.29 is 39.3 Å². The van der Waals surface area contributed by atoms with Crippen molar-refractivity contribution >= 4 is 27.3 Å². The molecule has 0 aromatic rings. The van der Waals surface area contributed by atoms with Gasteiger partial charge < -0.3 is 21.9 Å². The summed E-state index contributed by atoms with van der Waals surface area (Å²) < 4.78 is 0. The van der Waals surface area contributed by atoms with Gasteiger partial charge in [-0.2, -0.15) is 0 Å². The predicted octanol–water partition coefficient (Wildman–Crippen LogP) is -0.974. The molecule has 0 saturated carbocycles. The zero-order chi connectivity index (χ0) is 0. The molecule has 0 fully saturated rings. The molecule has 0 aliphatic rings. The van der Waals surface area contributed by atoms with E-state index in [0.29, 0.717) is 0 Å². The van der Waals surface area contributed by atoms with Crippen LogP contribution in [-0.4, -0.2) is 38.3 Å². The van der Waals surface area contributed by atoms with Crippen LogP contribution in [0.1, 0.15) is 0 Å².